The summed E-state index contributed by atoms with van der Waals surface area (Å²) in [7, 11) is -1.47. The highest BCUT2D eigenvalue weighted by atomic mass is 31.2. The summed E-state index contributed by atoms with van der Waals surface area (Å²) in [6.07, 6.45) is 28.4. The first-order valence-electron chi connectivity index (χ1n) is 17.8. The van der Waals surface area contributed by atoms with Crippen molar-refractivity contribution in [2.45, 2.75) is 155 Å². The Bertz CT molecular complexity index is 793. The molecule has 0 radical (unpaired) electrons. The minimum atomic E-state index is -1.47. The van der Waals surface area contributed by atoms with E-state index in [-0.39, 0.29) is 0 Å². The highest BCUT2D eigenvalue weighted by molar-refractivity contribution is 7.42. The molecule has 1 unspecified atom stereocenters. The molecule has 244 valence electrons. The molecule has 0 saturated carbocycles. The van der Waals surface area contributed by atoms with Crippen molar-refractivity contribution in [3.8, 4) is 11.5 Å². The summed E-state index contributed by atoms with van der Waals surface area (Å²) in [5.41, 5.74) is 0. The second-order valence-corrected chi connectivity index (χ2v) is 13.1. The van der Waals surface area contributed by atoms with Crippen LogP contribution in [0.25, 0.3) is 0 Å². The second-order valence-electron chi connectivity index (χ2n) is 12.1. The summed E-state index contributed by atoms with van der Waals surface area (Å²) in [5.74, 6) is 1.54. The van der Waals surface area contributed by atoms with Gasteiger partial charge in [0.05, 0.1) is 12.7 Å². The highest BCUT2D eigenvalue weighted by Crippen LogP contribution is 2.41. The first kappa shape index (κ1) is 37.6. The van der Waals surface area contributed by atoms with Crippen LogP contribution in [0.3, 0.4) is 0 Å². The van der Waals surface area contributed by atoms with Crippen molar-refractivity contribution in [1.29, 1.82) is 0 Å². The Morgan fingerprint density at radius 3 is 1.35 bits per heavy atom. The molecule has 2 aromatic rings. The van der Waals surface area contributed by atoms with Crippen LogP contribution in [-0.2, 0) is 9.26 Å². The molecule has 0 saturated heterocycles. The molecular weight excluding hydrogens is 551 g/mol. The van der Waals surface area contributed by atoms with Crippen LogP contribution in [0.5, 0.6) is 11.5 Å². The van der Waals surface area contributed by atoms with Crippen LogP contribution < -0.4 is 9.05 Å². The van der Waals surface area contributed by atoms with Crippen LogP contribution in [0.2, 0.25) is 0 Å². The molecule has 0 amide bonds. The van der Waals surface area contributed by atoms with Crippen molar-refractivity contribution < 1.29 is 18.3 Å². The molecule has 0 heterocycles. The summed E-state index contributed by atoms with van der Waals surface area (Å²) >= 11 is 0. The minimum Gasteiger partial charge on any atom is -0.418 e. The van der Waals surface area contributed by atoms with E-state index in [4.69, 9.17) is 18.3 Å². The molecule has 0 aromatic heterocycles. The van der Waals surface area contributed by atoms with Gasteiger partial charge in [-0.15, -0.1) is 0 Å². The van der Waals surface area contributed by atoms with Crippen LogP contribution in [0.15, 0.2) is 60.7 Å². The third kappa shape index (κ3) is 22.5. The number of hydrogen-bond acceptors (Lipinski definition) is 4. The van der Waals surface area contributed by atoms with Gasteiger partial charge >= 0.3 is 8.60 Å². The molecule has 4 nitrogen and oxygen atoms in total. The van der Waals surface area contributed by atoms with Crippen molar-refractivity contribution in [2.75, 3.05) is 13.2 Å². The zero-order chi connectivity index (χ0) is 30.5. The molecule has 0 aliphatic rings. The smallest absolute Gasteiger partial charge is 0.418 e. The molecular formula is C38H63O4P. The van der Waals surface area contributed by atoms with Crippen LogP contribution in [0.4, 0.5) is 0 Å². The van der Waals surface area contributed by atoms with Gasteiger partial charge in [0, 0.05) is 6.61 Å². The SMILES string of the molecule is CCCCCCCCCCCCCOC(C)CCCCCCCCCCCOP(Oc1ccccc1)Oc1ccccc1. The Kier molecular flexibility index (Phi) is 24.4. The van der Waals surface area contributed by atoms with E-state index < -0.39 is 8.60 Å². The minimum absolute atomic E-state index is 0.419. The lowest BCUT2D eigenvalue weighted by Crippen LogP contribution is -2.09. The number of rotatable bonds is 30. The van der Waals surface area contributed by atoms with E-state index in [1.807, 2.05) is 60.7 Å². The first-order chi connectivity index (χ1) is 21.3. The van der Waals surface area contributed by atoms with Gasteiger partial charge in [0.2, 0.25) is 0 Å². The largest absolute Gasteiger partial charge is 0.463 e. The molecule has 0 fully saturated rings. The van der Waals surface area contributed by atoms with Gasteiger partial charge in [0.25, 0.3) is 0 Å². The molecule has 2 rings (SSSR count). The van der Waals surface area contributed by atoms with E-state index in [0.29, 0.717) is 12.7 Å². The normalized spacial score (nSPS) is 12.1. The molecule has 2 aromatic carbocycles. The quantitative estimate of drug-likeness (QED) is 0.0648. The van der Waals surface area contributed by atoms with Gasteiger partial charge < -0.3 is 13.8 Å². The summed E-state index contributed by atoms with van der Waals surface area (Å²) in [6, 6.07) is 19.5. The maximum Gasteiger partial charge on any atom is 0.463 e. The Labute approximate surface area is 266 Å². The van der Waals surface area contributed by atoms with E-state index >= 15 is 0 Å². The van der Waals surface area contributed by atoms with Gasteiger partial charge in [-0.2, -0.15) is 0 Å². The number of benzene rings is 2. The lowest BCUT2D eigenvalue weighted by atomic mass is 10.1. The van der Waals surface area contributed by atoms with E-state index in [0.717, 1.165) is 24.5 Å². The molecule has 5 heteroatoms. The second kappa shape index (κ2) is 27.9. The number of para-hydroxylation sites is 2. The summed E-state index contributed by atoms with van der Waals surface area (Å²) in [6.45, 7) is 6.15. The molecule has 0 N–H and O–H groups in total. The maximum atomic E-state index is 6.07. The molecule has 0 spiro atoms. The van der Waals surface area contributed by atoms with E-state index in [9.17, 15) is 0 Å². The van der Waals surface area contributed by atoms with Crippen molar-refractivity contribution in [3.63, 3.8) is 0 Å². The number of hydrogen-bond donors (Lipinski definition) is 0. The maximum absolute atomic E-state index is 6.07. The summed E-state index contributed by atoms with van der Waals surface area (Å²) in [4.78, 5) is 0. The van der Waals surface area contributed by atoms with Gasteiger partial charge in [-0.3, -0.25) is 4.52 Å². The molecule has 1 atom stereocenters. The number of unbranched alkanes of at least 4 members (excludes halogenated alkanes) is 18. The molecule has 0 bridgehead atoms. The highest BCUT2D eigenvalue weighted by Gasteiger charge is 2.17. The van der Waals surface area contributed by atoms with Gasteiger partial charge in [-0.1, -0.05) is 159 Å². The van der Waals surface area contributed by atoms with E-state index in [2.05, 4.69) is 13.8 Å². The number of ether oxygens (including phenoxy) is 1. The fraction of sp³-hybridized carbons (Fsp3) is 0.684. The summed E-state index contributed by atoms with van der Waals surface area (Å²) < 4.78 is 24.1. The average Bonchev–Trinajstić information content (AvgIpc) is 3.03. The fourth-order valence-electron chi connectivity index (χ4n) is 5.25. The van der Waals surface area contributed by atoms with Crippen molar-refractivity contribution >= 4 is 8.60 Å². The van der Waals surface area contributed by atoms with Crippen molar-refractivity contribution in [3.05, 3.63) is 60.7 Å². The zero-order valence-corrected chi connectivity index (χ0v) is 28.6. The van der Waals surface area contributed by atoms with Crippen LogP contribution in [-0.4, -0.2) is 19.3 Å². The summed E-state index contributed by atoms with van der Waals surface area (Å²) in [5, 5.41) is 0. The van der Waals surface area contributed by atoms with Crippen LogP contribution in [0.1, 0.15) is 149 Å². The first-order valence-corrected chi connectivity index (χ1v) is 18.9. The Morgan fingerprint density at radius 1 is 0.488 bits per heavy atom. The monoisotopic (exact) mass is 614 g/mol. The Morgan fingerprint density at radius 2 is 0.884 bits per heavy atom. The predicted molar refractivity (Wildman–Crippen MR) is 185 cm³/mol. The molecule has 0 aliphatic carbocycles. The fourth-order valence-corrected chi connectivity index (χ4v) is 6.26. The Balaban J connectivity index is 1.35. The van der Waals surface area contributed by atoms with Gasteiger partial charge in [0.1, 0.15) is 11.5 Å². The average molecular weight is 615 g/mol. The molecule has 43 heavy (non-hydrogen) atoms. The van der Waals surface area contributed by atoms with Crippen LogP contribution in [0, 0.1) is 0 Å². The predicted octanol–water partition coefficient (Wildman–Crippen LogP) is 13.0. The third-order valence-corrected chi connectivity index (χ3v) is 9.06. The van der Waals surface area contributed by atoms with E-state index in [1.165, 1.54) is 128 Å². The molecule has 0 aliphatic heterocycles. The lowest BCUT2D eigenvalue weighted by Gasteiger charge is -2.17. The zero-order valence-electron chi connectivity index (χ0n) is 27.7. The van der Waals surface area contributed by atoms with Gasteiger partial charge in [-0.25, -0.2) is 0 Å². The lowest BCUT2D eigenvalue weighted by molar-refractivity contribution is 0.0557. The third-order valence-electron chi connectivity index (χ3n) is 7.95. The van der Waals surface area contributed by atoms with Gasteiger partial charge in [-0.05, 0) is 50.5 Å². The van der Waals surface area contributed by atoms with Crippen molar-refractivity contribution in [2.24, 2.45) is 0 Å². The topological polar surface area (TPSA) is 36.9 Å². The standard InChI is InChI=1S/C38H63O4P/c1-3-4-5-6-7-8-9-12-15-18-27-34-39-36(2)29-22-17-14-11-10-13-16-19-28-35-40-43(41-37-30-23-20-24-31-37)42-38-32-25-21-26-33-38/h20-21,23-26,30-33,36H,3-19,22,27-29,34-35H2,1-2H3. The van der Waals surface area contributed by atoms with Crippen LogP contribution >= 0.6 is 8.60 Å². The van der Waals surface area contributed by atoms with E-state index in [1.54, 1.807) is 0 Å². The Hall–Kier alpha value is -1.61. The van der Waals surface area contributed by atoms with Gasteiger partial charge in [0.15, 0.2) is 0 Å². The van der Waals surface area contributed by atoms with Crippen molar-refractivity contribution in [1.82, 2.24) is 0 Å².